The molecule has 0 spiro atoms. The number of likely N-dealkylation sites (tertiary alicyclic amines) is 2. The summed E-state index contributed by atoms with van der Waals surface area (Å²) in [5.74, 6) is -0.969. The summed E-state index contributed by atoms with van der Waals surface area (Å²) < 4.78 is 42.0. The second-order valence-electron chi connectivity index (χ2n) is 13.5. The number of nitrogens with zero attached hydrogens (tertiary/aromatic N) is 5. The van der Waals surface area contributed by atoms with Gasteiger partial charge in [0.2, 0.25) is 11.9 Å². The molecule has 2 aromatic rings. The van der Waals surface area contributed by atoms with E-state index in [1.165, 1.54) is 12.8 Å². The molecule has 2 saturated carbocycles. The molecule has 2 aliphatic heterocycles. The number of aromatic nitrogens is 2. The maximum Gasteiger partial charge on any atom is 0.421 e. The van der Waals surface area contributed by atoms with E-state index >= 15 is 0 Å². The van der Waals surface area contributed by atoms with Crippen LogP contribution in [0.4, 0.5) is 30.6 Å². The first-order chi connectivity index (χ1) is 22.0. The van der Waals surface area contributed by atoms with E-state index < -0.39 is 23.7 Å². The molecule has 4 aliphatic rings. The molecule has 1 aromatic carbocycles. The normalized spacial score (nSPS) is 26.0. The van der Waals surface area contributed by atoms with E-state index in [-0.39, 0.29) is 35.7 Å². The Morgan fingerprint density at radius 1 is 0.957 bits per heavy atom. The monoisotopic (exact) mass is 642 g/mol. The van der Waals surface area contributed by atoms with Crippen molar-refractivity contribution < 1.29 is 22.8 Å². The Labute approximate surface area is 268 Å². The molecule has 10 nitrogen and oxygen atoms in total. The van der Waals surface area contributed by atoms with Gasteiger partial charge in [-0.3, -0.25) is 9.59 Å². The average molecular weight is 643 g/mol. The van der Waals surface area contributed by atoms with Gasteiger partial charge in [-0.2, -0.15) is 18.2 Å². The van der Waals surface area contributed by atoms with E-state index in [0.29, 0.717) is 30.1 Å². The first kappa shape index (κ1) is 32.5. The highest BCUT2D eigenvalue weighted by atomic mass is 19.4. The highest BCUT2D eigenvalue weighted by Gasteiger charge is 2.41. The summed E-state index contributed by atoms with van der Waals surface area (Å²) >= 11 is 0. The number of carbonyl (C=O) groups excluding carboxylic acids is 2. The van der Waals surface area contributed by atoms with Gasteiger partial charge in [0.1, 0.15) is 11.4 Å². The number of hydrogen-bond acceptors (Lipinski definition) is 8. The number of carbonyl (C=O) groups is 2. The Balaban J connectivity index is 1.09. The third-order valence-electron chi connectivity index (χ3n) is 10.3. The van der Waals surface area contributed by atoms with Gasteiger partial charge in [0.25, 0.3) is 5.91 Å². The summed E-state index contributed by atoms with van der Waals surface area (Å²) in [4.78, 5) is 41.0. The maximum absolute atomic E-state index is 14.0. The van der Waals surface area contributed by atoms with Crippen LogP contribution in [0.2, 0.25) is 0 Å². The highest BCUT2D eigenvalue weighted by molar-refractivity contribution is 5.94. The predicted octanol–water partition coefficient (Wildman–Crippen LogP) is 4.73. The summed E-state index contributed by atoms with van der Waals surface area (Å²) in [5, 5.41) is 9.10. The molecule has 3 N–H and O–H groups in total. The Morgan fingerprint density at radius 3 is 2.33 bits per heavy atom. The van der Waals surface area contributed by atoms with Crippen molar-refractivity contribution in [1.29, 1.82) is 0 Å². The van der Waals surface area contributed by atoms with Gasteiger partial charge in [-0.25, -0.2) is 4.98 Å². The zero-order chi connectivity index (χ0) is 32.4. The molecule has 0 radical (unpaired) electrons. The van der Waals surface area contributed by atoms with Gasteiger partial charge in [0, 0.05) is 48.7 Å². The molecule has 6 rings (SSSR count). The number of benzene rings is 1. The lowest BCUT2D eigenvalue weighted by Crippen LogP contribution is -2.54. The lowest BCUT2D eigenvalue weighted by Gasteiger charge is -2.42. The van der Waals surface area contributed by atoms with Crippen LogP contribution in [0.5, 0.6) is 0 Å². The van der Waals surface area contributed by atoms with Gasteiger partial charge in [-0.1, -0.05) is 6.42 Å². The molecule has 2 amide bonds. The molecule has 3 heterocycles. The first-order valence-corrected chi connectivity index (χ1v) is 16.6. The predicted molar refractivity (Wildman–Crippen MR) is 170 cm³/mol. The lowest BCUT2D eigenvalue weighted by molar-refractivity contribution is -0.137. The third kappa shape index (κ3) is 7.41. The van der Waals surface area contributed by atoms with Gasteiger partial charge in [0.05, 0.1) is 5.92 Å². The SMILES string of the molecule is CN1CCC(N(C)C(=O)c2ccc(Nc3ncc(C(F)(F)F)c(N[C@@H]4CCC[C@@H]4C(=O)NC4CC(N5CCCC5)C4)n3)cc2)CC1. The molecule has 0 unspecified atom stereocenters. The summed E-state index contributed by atoms with van der Waals surface area (Å²) in [6.07, 6.45) is 4.19. The Morgan fingerprint density at radius 2 is 1.65 bits per heavy atom. The molecule has 2 aliphatic carbocycles. The number of amides is 2. The van der Waals surface area contributed by atoms with Crippen molar-refractivity contribution in [3.63, 3.8) is 0 Å². The maximum atomic E-state index is 14.0. The van der Waals surface area contributed by atoms with Crippen LogP contribution in [-0.2, 0) is 11.0 Å². The molecule has 0 bridgehead atoms. The minimum Gasteiger partial charge on any atom is -0.366 e. The van der Waals surface area contributed by atoms with Crippen molar-refractivity contribution in [2.75, 3.05) is 50.9 Å². The van der Waals surface area contributed by atoms with Gasteiger partial charge in [0.15, 0.2) is 0 Å². The zero-order valence-corrected chi connectivity index (χ0v) is 26.7. The number of rotatable bonds is 9. The van der Waals surface area contributed by atoms with E-state index in [0.717, 1.165) is 64.5 Å². The molecule has 250 valence electrons. The number of piperidine rings is 1. The topological polar surface area (TPSA) is 106 Å². The molecule has 13 heteroatoms. The Bertz CT molecular complexity index is 1370. The number of hydrogen-bond donors (Lipinski definition) is 3. The van der Waals surface area contributed by atoms with E-state index in [9.17, 15) is 22.8 Å². The van der Waals surface area contributed by atoms with E-state index in [2.05, 4.69) is 42.8 Å². The standard InChI is InChI=1S/C33H45F3N8O2/c1-42-16-12-24(13-17-42)43(2)31(46)21-8-10-22(11-9-21)39-32-37-20-27(33(34,35)36)29(41-32)40-28-7-5-6-26(28)30(45)38-23-18-25(19-23)44-14-3-4-15-44/h8-11,20,23-26,28H,3-7,12-19H2,1-2H3,(H,38,45)(H2,37,39,40,41)/t23?,25?,26-,28+/m0/s1. The summed E-state index contributed by atoms with van der Waals surface area (Å²) in [5.41, 5.74) is 0.0891. The molecule has 4 fully saturated rings. The number of halogens is 3. The Hall–Kier alpha value is -3.45. The summed E-state index contributed by atoms with van der Waals surface area (Å²) in [6, 6.07) is 7.12. The lowest BCUT2D eigenvalue weighted by atomic mass is 9.85. The van der Waals surface area contributed by atoms with Gasteiger partial charge < -0.3 is 30.7 Å². The number of nitrogens with one attached hydrogen (secondary N) is 3. The molecular formula is C33H45F3N8O2. The number of anilines is 3. The van der Waals surface area contributed by atoms with Crippen molar-refractivity contribution in [3.8, 4) is 0 Å². The summed E-state index contributed by atoms with van der Waals surface area (Å²) in [6.45, 7) is 4.14. The Kier molecular flexibility index (Phi) is 9.69. The minimum atomic E-state index is -4.67. The van der Waals surface area contributed by atoms with Crippen LogP contribution in [-0.4, -0.2) is 101 Å². The van der Waals surface area contributed by atoms with Crippen molar-refractivity contribution in [2.45, 2.75) is 88.1 Å². The fraction of sp³-hybridized carbons (Fsp3) is 0.636. The van der Waals surface area contributed by atoms with Crippen molar-refractivity contribution >= 4 is 29.3 Å². The van der Waals surface area contributed by atoms with Crippen molar-refractivity contribution in [2.24, 2.45) is 5.92 Å². The second kappa shape index (κ2) is 13.7. The van der Waals surface area contributed by atoms with Crippen LogP contribution >= 0.6 is 0 Å². The zero-order valence-electron chi connectivity index (χ0n) is 26.7. The van der Waals surface area contributed by atoms with E-state index in [1.807, 2.05) is 7.05 Å². The molecule has 46 heavy (non-hydrogen) atoms. The average Bonchev–Trinajstić information content (AvgIpc) is 3.71. The second-order valence-corrected chi connectivity index (χ2v) is 13.5. The van der Waals surface area contributed by atoms with Crippen molar-refractivity contribution in [3.05, 3.63) is 41.6 Å². The van der Waals surface area contributed by atoms with Gasteiger partial charge in [-0.15, -0.1) is 0 Å². The minimum absolute atomic E-state index is 0.0144. The first-order valence-electron chi connectivity index (χ1n) is 16.6. The third-order valence-corrected chi connectivity index (χ3v) is 10.3. The molecule has 2 atom stereocenters. The molecule has 1 aromatic heterocycles. The van der Waals surface area contributed by atoms with Crippen LogP contribution < -0.4 is 16.0 Å². The summed E-state index contributed by atoms with van der Waals surface area (Å²) in [7, 11) is 3.90. The fourth-order valence-electron chi connectivity index (χ4n) is 7.38. The fourth-order valence-corrected chi connectivity index (χ4v) is 7.38. The van der Waals surface area contributed by atoms with E-state index in [1.54, 1.807) is 29.2 Å². The van der Waals surface area contributed by atoms with Crippen molar-refractivity contribution in [1.82, 2.24) is 30.0 Å². The largest absolute Gasteiger partial charge is 0.421 e. The molecular weight excluding hydrogens is 597 g/mol. The van der Waals surface area contributed by atoms with Crippen LogP contribution in [0.3, 0.4) is 0 Å². The van der Waals surface area contributed by atoms with Gasteiger partial charge >= 0.3 is 6.18 Å². The van der Waals surface area contributed by atoms with Crippen LogP contribution in [0.15, 0.2) is 30.5 Å². The van der Waals surface area contributed by atoms with Crippen LogP contribution in [0.25, 0.3) is 0 Å². The number of alkyl halides is 3. The van der Waals surface area contributed by atoms with Crippen LogP contribution in [0, 0.1) is 5.92 Å². The highest BCUT2D eigenvalue weighted by Crippen LogP contribution is 2.37. The van der Waals surface area contributed by atoms with Crippen LogP contribution in [0.1, 0.15) is 73.7 Å². The quantitative estimate of drug-likeness (QED) is 0.361. The van der Waals surface area contributed by atoms with Gasteiger partial charge in [-0.05, 0) is 109 Å². The smallest absolute Gasteiger partial charge is 0.366 e. The van der Waals surface area contributed by atoms with E-state index in [4.69, 9.17) is 0 Å². The molecule has 2 saturated heterocycles.